The van der Waals surface area contributed by atoms with Gasteiger partial charge >= 0.3 is 11.9 Å². The summed E-state index contributed by atoms with van der Waals surface area (Å²) in [6, 6.07) is 2.26. The highest BCUT2D eigenvalue weighted by molar-refractivity contribution is 5.97. The molecule has 7 nitrogen and oxygen atoms in total. The fraction of sp³-hybridized carbons (Fsp3) is 0.111. The normalized spacial score (nSPS) is 9.31. The summed E-state index contributed by atoms with van der Waals surface area (Å²) in [6.07, 6.45) is 0. The molecule has 0 radical (unpaired) electrons. The first-order chi connectivity index (χ1) is 7.47. The fourth-order valence-electron chi connectivity index (χ4n) is 1.25. The minimum atomic E-state index is -1.27. The molecule has 0 saturated heterocycles. The average molecular weight is 221 g/mol. The van der Waals surface area contributed by atoms with Gasteiger partial charge in [0.15, 0.2) is 0 Å². The molecule has 0 spiro atoms. The standard InChI is InChI=1S/C9H7N3O4/c1-4-6(8(13)14)2-5(11-12-10)3-7(4)9(15)16/h2-3H,1H3,(H,13,14)(H,15,16). The lowest BCUT2D eigenvalue weighted by Gasteiger charge is -2.06. The Morgan fingerprint density at radius 1 is 1.25 bits per heavy atom. The number of hydrogen-bond donors (Lipinski definition) is 2. The largest absolute Gasteiger partial charge is 0.478 e. The summed E-state index contributed by atoms with van der Waals surface area (Å²) in [5, 5.41) is 20.9. The average Bonchev–Trinajstić information content (AvgIpc) is 2.19. The molecule has 0 atom stereocenters. The van der Waals surface area contributed by atoms with Crippen LogP contribution >= 0.6 is 0 Å². The van der Waals surface area contributed by atoms with E-state index < -0.39 is 11.9 Å². The second-order valence-electron chi connectivity index (χ2n) is 2.97. The molecule has 2 N–H and O–H groups in total. The highest BCUT2D eigenvalue weighted by Gasteiger charge is 2.16. The van der Waals surface area contributed by atoms with Crippen molar-refractivity contribution in [2.45, 2.75) is 6.92 Å². The van der Waals surface area contributed by atoms with Gasteiger partial charge in [-0.25, -0.2) is 9.59 Å². The lowest BCUT2D eigenvalue weighted by Crippen LogP contribution is -2.06. The second-order valence-corrected chi connectivity index (χ2v) is 2.97. The molecule has 0 heterocycles. The zero-order chi connectivity index (χ0) is 12.3. The van der Waals surface area contributed by atoms with E-state index in [1.165, 1.54) is 6.92 Å². The summed E-state index contributed by atoms with van der Waals surface area (Å²) in [4.78, 5) is 24.1. The maximum absolute atomic E-state index is 10.8. The number of aromatic carboxylic acids is 2. The minimum Gasteiger partial charge on any atom is -0.478 e. The number of azide groups is 1. The van der Waals surface area contributed by atoms with E-state index >= 15 is 0 Å². The van der Waals surface area contributed by atoms with Gasteiger partial charge < -0.3 is 10.2 Å². The van der Waals surface area contributed by atoms with Gasteiger partial charge in [0.1, 0.15) is 0 Å². The Labute approximate surface area is 89.6 Å². The Kier molecular flexibility index (Phi) is 3.12. The lowest BCUT2D eigenvalue weighted by molar-refractivity contribution is 0.0696. The smallest absolute Gasteiger partial charge is 0.335 e. The molecule has 0 aliphatic carbocycles. The molecular weight excluding hydrogens is 214 g/mol. The summed E-state index contributed by atoms with van der Waals surface area (Å²) in [5.74, 6) is -2.54. The molecule has 0 bridgehead atoms. The highest BCUT2D eigenvalue weighted by Crippen LogP contribution is 2.23. The number of carbonyl (C=O) groups is 2. The SMILES string of the molecule is Cc1c(C(=O)O)cc(N=[N+]=[N-])cc1C(=O)O. The Morgan fingerprint density at radius 2 is 1.69 bits per heavy atom. The number of hydrogen-bond acceptors (Lipinski definition) is 3. The summed E-state index contributed by atoms with van der Waals surface area (Å²) < 4.78 is 0. The van der Waals surface area contributed by atoms with Crippen LogP contribution in [-0.2, 0) is 0 Å². The predicted octanol–water partition coefficient (Wildman–Crippen LogP) is 2.33. The Morgan fingerprint density at radius 3 is 2.00 bits per heavy atom. The number of benzene rings is 1. The van der Waals surface area contributed by atoms with E-state index in [0.29, 0.717) is 0 Å². The summed E-state index contributed by atoms with van der Waals surface area (Å²) in [7, 11) is 0. The van der Waals surface area contributed by atoms with Crippen LogP contribution in [0.2, 0.25) is 0 Å². The monoisotopic (exact) mass is 221 g/mol. The van der Waals surface area contributed by atoms with E-state index in [-0.39, 0.29) is 22.4 Å². The van der Waals surface area contributed by atoms with E-state index in [1.807, 2.05) is 0 Å². The zero-order valence-electron chi connectivity index (χ0n) is 8.21. The molecule has 1 rings (SSSR count). The van der Waals surface area contributed by atoms with Crippen LogP contribution in [0.15, 0.2) is 17.2 Å². The van der Waals surface area contributed by atoms with Crippen LogP contribution in [0, 0.1) is 6.92 Å². The predicted molar refractivity (Wildman–Crippen MR) is 53.9 cm³/mol. The molecule has 16 heavy (non-hydrogen) atoms. The van der Waals surface area contributed by atoms with Crippen molar-refractivity contribution in [1.29, 1.82) is 0 Å². The molecule has 0 aromatic heterocycles. The van der Waals surface area contributed by atoms with Gasteiger partial charge in [-0.2, -0.15) is 0 Å². The molecule has 0 amide bonds. The molecule has 0 fully saturated rings. The van der Waals surface area contributed by atoms with Gasteiger partial charge in [0.25, 0.3) is 0 Å². The van der Waals surface area contributed by atoms with E-state index in [2.05, 4.69) is 10.0 Å². The van der Waals surface area contributed by atoms with Gasteiger partial charge in [0.05, 0.1) is 11.1 Å². The first-order valence-electron chi connectivity index (χ1n) is 4.13. The lowest BCUT2D eigenvalue weighted by atomic mass is 10.0. The summed E-state index contributed by atoms with van der Waals surface area (Å²) >= 11 is 0. The van der Waals surface area contributed by atoms with Crippen molar-refractivity contribution < 1.29 is 19.8 Å². The van der Waals surface area contributed by atoms with Crippen LogP contribution in [0.25, 0.3) is 10.4 Å². The van der Waals surface area contributed by atoms with Crippen molar-refractivity contribution >= 4 is 17.6 Å². The fourth-order valence-corrected chi connectivity index (χ4v) is 1.25. The van der Waals surface area contributed by atoms with Crippen LogP contribution in [0.3, 0.4) is 0 Å². The third-order valence-corrected chi connectivity index (χ3v) is 2.01. The van der Waals surface area contributed by atoms with Crippen LogP contribution in [-0.4, -0.2) is 22.2 Å². The van der Waals surface area contributed by atoms with Crippen molar-refractivity contribution in [3.63, 3.8) is 0 Å². The third-order valence-electron chi connectivity index (χ3n) is 2.01. The molecule has 0 unspecified atom stereocenters. The van der Waals surface area contributed by atoms with Gasteiger partial charge in [-0.3, -0.25) is 0 Å². The van der Waals surface area contributed by atoms with Gasteiger partial charge in [0.2, 0.25) is 0 Å². The Hall–Kier alpha value is -2.53. The quantitative estimate of drug-likeness (QED) is 0.461. The van der Waals surface area contributed by atoms with Crippen LogP contribution in [0.5, 0.6) is 0 Å². The van der Waals surface area contributed by atoms with E-state index in [1.54, 1.807) is 0 Å². The molecule has 0 saturated carbocycles. The number of carboxylic acid groups (broad SMARTS) is 2. The van der Waals surface area contributed by atoms with Crippen LogP contribution in [0.4, 0.5) is 5.69 Å². The minimum absolute atomic E-state index is 0.0390. The number of carboxylic acids is 2. The van der Waals surface area contributed by atoms with Crippen molar-refractivity contribution in [2.24, 2.45) is 5.11 Å². The molecule has 0 aliphatic heterocycles. The van der Waals surface area contributed by atoms with Gasteiger partial charge in [-0.15, -0.1) is 0 Å². The molecule has 1 aromatic rings. The summed E-state index contributed by atoms with van der Waals surface area (Å²) in [6.45, 7) is 1.38. The first kappa shape index (κ1) is 11.5. The van der Waals surface area contributed by atoms with Crippen LogP contribution in [0.1, 0.15) is 26.3 Å². The molecule has 82 valence electrons. The van der Waals surface area contributed by atoms with Crippen molar-refractivity contribution in [3.05, 3.63) is 39.3 Å². The third kappa shape index (κ3) is 2.10. The zero-order valence-corrected chi connectivity index (χ0v) is 8.21. The maximum Gasteiger partial charge on any atom is 0.335 e. The van der Waals surface area contributed by atoms with Crippen molar-refractivity contribution in [1.82, 2.24) is 0 Å². The van der Waals surface area contributed by atoms with E-state index in [9.17, 15) is 9.59 Å². The Bertz CT molecular complexity index is 482. The van der Waals surface area contributed by atoms with E-state index in [0.717, 1.165) is 12.1 Å². The van der Waals surface area contributed by atoms with Crippen molar-refractivity contribution in [3.8, 4) is 0 Å². The molecule has 1 aromatic carbocycles. The Balaban J connectivity index is 3.56. The highest BCUT2D eigenvalue weighted by atomic mass is 16.4. The second kappa shape index (κ2) is 4.33. The van der Waals surface area contributed by atoms with Gasteiger partial charge in [-0.1, -0.05) is 5.11 Å². The maximum atomic E-state index is 10.8. The number of rotatable bonds is 3. The topological polar surface area (TPSA) is 123 Å². The molecule has 7 heteroatoms. The molecule has 0 aliphatic rings. The van der Waals surface area contributed by atoms with Gasteiger partial charge in [0, 0.05) is 10.6 Å². The van der Waals surface area contributed by atoms with Crippen LogP contribution < -0.4 is 0 Å². The first-order valence-corrected chi connectivity index (χ1v) is 4.13. The van der Waals surface area contributed by atoms with E-state index in [4.69, 9.17) is 15.7 Å². The summed E-state index contributed by atoms with van der Waals surface area (Å²) in [5.41, 5.74) is 7.91. The van der Waals surface area contributed by atoms with Crippen molar-refractivity contribution in [2.75, 3.05) is 0 Å². The van der Waals surface area contributed by atoms with Gasteiger partial charge in [-0.05, 0) is 30.2 Å². The number of nitrogens with zero attached hydrogens (tertiary/aromatic N) is 3. The molecular formula is C9H7N3O4.